The Morgan fingerprint density at radius 1 is 1.19 bits per heavy atom. The maximum atomic E-state index is 11.7. The molecular formula is C14H24N2O5. The molecule has 1 atom stereocenters. The van der Waals surface area contributed by atoms with E-state index in [0.29, 0.717) is 6.61 Å². The number of esters is 1. The zero-order valence-corrected chi connectivity index (χ0v) is 12.6. The molecule has 0 radical (unpaired) electrons. The normalized spacial score (nSPS) is 16.9. The van der Waals surface area contributed by atoms with Gasteiger partial charge in [-0.2, -0.15) is 0 Å². The predicted octanol–water partition coefficient (Wildman–Crippen LogP) is 1.11. The van der Waals surface area contributed by atoms with Gasteiger partial charge in [0, 0.05) is 12.6 Å². The number of amides is 3. The van der Waals surface area contributed by atoms with Crippen LogP contribution in [0, 0.1) is 0 Å². The molecule has 0 aromatic heterocycles. The molecule has 7 heteroatoms. The Morgan fingerprint density at radius 2 is 1.86 bits per heavy atom. The lowest BCUT2D eigenvalue weighted by Crippen LogP contribution is -2.48. The highest BCUT2D eigenvalue weighted by Crippen LogP contribution is 2.17. The van der Waals surface area contributed by atoms with Crippen LogP contribution in [0.5, 0.6) is 0 Å². The van der Waals surface area contributed by atoms with Gasteiger partial charge in [0.15, 0.2) is 6.10 Å². The van der Waals surface area contributed by atoms with Crippen LogP contribution in [0.4, 0.5) is 4.79 Å². The third-order valence-electron chi connectivity index (χ3n) is 3.28. The van der Waals surface area contributed by atoms with Gasteiger partial charge in [-0.25, -0.2) is 9.59 Å². The fourth-order valence-corrected chi connectivity index (χ4v) is 2.15. The minimum atomic E-state index is -1.03. The molecule has 2 N–H and O–H groups in total. The molecule has 0 unspecified atom stereocenters. The number of hydrogen-bond donors (Lipinski definition) is 2. The van der Waals surface area contributed by atoms with Gasteiger partial charge in [0.1, 0.15) is 6.61 Å². The molecule has 0 aliphatic heterocycles. The third kappa shape index (κ3) is 7.08. The van der Waals surface area contributed by atoms with Crippen molar-refractivity contribution in [3.05, 3.63) is 0 Å². The van der Waals surface area contributed by atoms with Gasteiger partial charge >= 0.3 is 12.0 Å². The van der Waals surface area contributed by atoms with Crippen molar-refractivity contribution in [2.75, 3.05) is 13.2 Å². The van der Waals surface area contributed by atoms with Gasteiger partial charge in [-0.05, 0) is 26.7 Å². The topological polar surface area (TPSA) is 93.7 Å². The molecule has 0 aromatic rings. The number of rotatable bonds is 6. The van der Waals surface area contributed by atoms with Crippen LogP contribution in [-0.4, -0.2) is 43.3 Å². The second kappa shape index (κ2) is 9.33. The summed E-state index contributed by atoms with van der Waals surface area (Å²) in [7, 11) is 0. The average molecular weight is 300 g/mol. The first-order chi connectivity index (χ1) is 10.0. The molecular weight excluding hydrogens is 276 g/mol. The van der Waals surface area contributed by atoms with E-state index in [0.717, 1.165) is 25.7 Å². The molecule has 0 bridgehead atoms. The van der Waals surface area contributed by atoms with Gasteiger partial charge < -0.3 is 14.8 Å². The maximum absolute atomic E-state index is 11.7. The van der Waals surface area contributed by atoms with E-state index in [2.05, 4.69) is 10.6 Å². The SMILES string of the molecule is CCOCC(=O)O[C@H](C)C(=O)NC(=O)NC1CCCCC1. The standard InChI is InChI=1S/C14H24N2O5/c1-3-20-9-12(17)21-10(2)13(18)16-14(19)15-11-7-5-4-6-8-11/h10-11H,3-9H2,1-2H3,(H2,15,16,18,19)/t10-/m1/s1. The van der Waals surface area contributed by atoms with Crippen molar-refractivity contribution in [3.63, 3.8) is 0 Å². The van der Waals surface area contributed by atoms with Gasteiger partial charge in [0.25, 0.3) is 5.91 Å². The van der Waals surface area contributed by atoms with Crippen LogP contribution in [-0.2, 0) is 19.1 Å². The molecule has 1 aliphatic carbocycles. The van der Waals surface area contributed by atoms with E-state index < -0.39 is 24.0 Å². The van der Waals surface area contributed by atoms with Crippen LogP contribution in [0.3, 0.4) is 0 Å². The van der Waals surface area contributed by atoms with Gasteiger partial charge in [-0.3, -0.25) is 10.1 Å². The van der Waals surface area contributed by atoms with E-state index in [1.165, 1.54) is 13.3 Å². The predicted molar refractivity (Wildman–Crippen MR) is 75.6 cm³/mol. The monoisotopic (exact) mass is 300 g/mol. The number of hydrogen-bond acceptors (Lipinski definition) is 5. The molecule has 3 amide bonds. The molecule has 0 heterocycles. The quantitative estimate of drug-likeness (QED) is 0.717. The maximum Gasteiger partial charge on any atom is 0.332 e. The Bertz CT molecular complexity index is 366. The molecule has 0 saturated heterocycles. The highest BCUT2D eigenvalue weighted by Gasteiger charge is 2.22. The molecule has 7 nitrogen and oxygen atoms in total. The van der Waals surface area contributed by atoms with E-state index in [1.807, 2.05) is 0 Å². The smallest absolute Gasteiger partial charge is 0.332 e. The molecule has 1 fully saturated rings. The summed E-state index contributed by atoms with van der Waals surface area (Å²) in [4.78, 5) is 34.7. The van der Waals surface area contributed by atoms with Gasteiger partial charge in [0.05, 0.1) is 0 Å². The van der Waals surface area contributed by atoms with E-state index >= 15 is 0 Å². The lowest BCUT2D eigenvalue weighted by Gasteiger charge is -2.23. The van der Waals surface area contributed by atoms with Crippen molar-refractivity contribution >= 4 is 17.9 Å². The summed E-state index contributed by atoms with van der Waals surface area (Å²) in [5.41, 5.74) is 0. The van der Waals surface area contributed by atoms with Crippen LogP contribution >= 0.6 is 0 Å². The Hall–Kier alpha value is -1.63. The number of imide groups is 1. The summed E-state index contributed by atoms with van der Waals surface area (Å²) >= 11 is 0. The van der Waals surface area contributed by atoms with Crippen LogP contribution in [0.2, 0.25) is 0 Å². The van der Waals surface area contributed by atoms with E-state index in [9.17, 15) is 14.4 Å². The summed E-state index contributed by atoms with van der Waals surface area (Å²) in [6.07, 6.45) is 4.19. The van der Waals surface area contributed by atoms with Crippen LogP contribution in [0.15, 0.2) is 0 Å². The van der Waals surface area contributed by atoms with Crippen molar-refractivity contribution in [2.24, 2.45) is 0 Å². The first kappa shape index (κ1) is 17.4. The molecule has 120 valence electrons. The molecule has 0 spiro atoms. The highest BCUT2D eigenvalue weighted by molar-refractivity contribution is 5.97. The van der Waals surface area contributed by atoms with Gasteiger partial charge in [0.2, 0.25) is 0 Å². The molecule has 1 aliphatic rings. The van der Waals surface area contributed by atoms with Gasteiger partial charge in [-0.15, -0.1) is 0 Å². The summed E-state index contributed by atoms with van der Waals surface area (Å²) in [6, 6.07) is -0.429. The van der Waals surface area contributed by atoms with Crippen molar-refractivity contribution < 1.29 is 23.9 Å². The lowest BCUT2D eigenvalue weighted by molar-refractivity contribution is -0.158. The van der Waals surface area contributed by atoms with Crippen LogP contribution < -0.4 is 10.6 Å². The van der Waals surface area contributed by atoms with Crippen molar-refractivity contribution in [1.82, 2.24) is 10.6 Å². The van der Waals surface area contributed by atoms with Gasteiger partial charge in [-0.1, -0.05) is 19.3 Å². The second-order valence-corrected chi connectivity index (χ2v) is 5.07. The largest absolute Gasteiger partial charge is 0.451 e. The van der Waals surface area contributed by atoms with Crippen LogP contribution in [0.1, 0.15) is 46.0 Å². The zero-order valence-electron chi connectivity index (χ0n) is 12.6. The minimum Gasteiger partial charge on any atom is -0.451 e. The zero-order chi connectivity index (χ0) is 15.7. The minimum absolute atomic E-state index is 0.113. The number of ether oxygens (including phenoxy) is 2. The summed E-state index contributed by atoms with van der Waals surface area (Å²) < 4.78 is 9.72. The van der Waals surface area contributed by atoms with Crippen LogP contribution in [0.25, 0.3) is 0 Å². The Labute approximate surface area is 124 Å². The molecule has 1 rings (SSSR count). The second-order valence-electron chi connectivity index (χ2n) is 5.07. The molecule has 21 heavy (non-hydrogen) atoms. The Balaban J connectivity index is 2.27. The van der Waals surface area contributed by atoms with Crippen molar-refractivity contribution in [3.8, 4) is 0 Å². The Kier molecular flexibility index (Phi) is 7.74. The fourth-order valence-electron chi connectivity index (χ4n) is 2.15. The third-order valence-corrected chi connectivity index (χ3v) is 3.28. The fraction of sp³-hybridized carbons (Fsp3) is 0.786. The Morgan fingerprint density at radius 3 is 2.48 bits per heavy atom. The first-order valence-corrected chi connectivity index (χ1v) is 7.41. The number of carbonyl (C=O) groups is 3. The summed E-state index contributed by atoms with van der Waals surface area (Å²) in [5, 5.41) is 4.94. The first-order valence-electron chi connectivity index (χ1n) is 7.41. The van der Waals surface area contributed by atoms with E-state index in [4.69, 9.17) is 9.47 Å². The number of urea groups is 1. The number of nitrogens with one attached hydrogen (secondary N) is 2. The van der Waals surface area contributed by atoms with E-state index in [-0.39, 0.29) is 12.6 Å². The van der Waals surface area contributed by atoms with E-state index in [1.54, 1.807) is 6.92 Å². The molecule has 1 saturated carbocycles. The highest BCUT2D eigenvalue weighted by atomic mass is 16.6. The molecule has 0 aromatic carbocycles. The summed E-state index contributed by atoms with van der Waals surface area (Å²) in [6.45, 7) is 3.34. The lowest BCUT2D eigenvalue weighted by atomic mass is 9.96. The number of carbonyl (C=O) groups excluding carboxylic acids is 3. The van der Waals surface area contributed by atoms with Crippen molar-refractivity contribution in [2.45, 2.75) is 58.1 Å². The average Bonchev–Trinajstić information content (AvgIpc) is 2.45. The van der Waals surface area contributed by atoms with Crippen molar-refractivity contribution in [1.29, 1.82) is 0 Å². The summed E-state index contributed by atoms with van der Waals surface area (Å²) in [5.74, 6) is -1.28.